The minimum absolute atomic E-state index is 0.131. The van der Waals surface area contributed by atoms with E-state index in [1.165, 1.54) is 0 Å². The number of carboxylic acid groups (broad SMARTS) is 1. The number of hydrogen-bond donors (Lipinski definition) is 1. The molecule has 2 fully saturated rings. The molecule has 3 atom stereocenters. The molecule has 2 saturated carbocycles. The fourth-order valence-corrected chi connectivity index (χ4v) is 2.15. The predicted molar refractivity (Wildman–Crippen MR) is 42.9 cm³/mol. The van der Waals surface area contributed by atoms with E-state index >= 15 is 0 Å². The van der Waals surface area contributed by atoms with Crippen molar-refractivity contribution in [3.8, 4) is 0 Å². The Morgan fingerprint density at radius 2 is 2.08 bits per heavy atom. The third kappa shape index (κ3) is 1.12. The molecule has 2 aliphatic carbocycles. The van der Waals surface area contributed by atoms with E-state index in [0.717, 1.165) is 0 Å². The van der Waals surface area contributed by atoms with Crippen LogP contribution in [0.2, 0.25) is 0 Å². The molecular weight excluding hydrogens is 172 g/mol. The van der Waals surface area contributed by atoms with Crippen molar-refractivity contribution in [3.63, 3.8) is 0 Å². The number of aliphatic carboxylic acids is 1. The van der Waals surface area contributed by atoms with Gasteiger partial charge in [-0.05, 0) is 25.2 Å². The molecule has 4 nitrogen and oxygen atoms in total. The van der Waals surface area contributed by atoms with Crippen LogP contribution in [0.1, 0.15) is 19.8 Å². The van der Waals surface area contributed by atoms with Crippen LogP contribution in [-0.2, 0) is 14.3 Å². The number of carbonyl (C=O) groups excluding carboxylic acids is 1. The summed E-state index contributed by atoms with van der Waals surface area (Å²) in [5.41, 5.74) is -0.196. The summed E-state index contributed by atoms with van der Waals surface area (Å²) < 4.78 is 4.84. The van der Waals surface area contributed by atoms with E-state index in [2.05, 4.69) is 0 Å². The van der Waals surface area contributed by atoms with Gasteiger partial charge in [0.05, 0.1) is 18.4 Å². The zero-order valence-electron chi connectivity index (χ0n) is 7.45. The van der Waals surface area contributed by atoms with Crippen molar-refractivity contribution in [2.75, 3.05) is 6.61 Å². The second kappa shape index (κ2) is 2.47. The zero-order chi connectivity index (χ0) is 9.64. The Morgan fingerprint density at radius 3 is 2.54 bits per heavy atom. The van der Waals surface area contributed by atoms with Gasteiger partial charge in [-0.1, -0.05) is 0 Å². The van der Waals surface area contributed by atoms with Crippen molar-refractivity contribution in [2.45, 2.75) is 19.8 Å². The molecule has 0 aromatic rings. The predicted octanol–water partition coefficient (Wildman–Crippen LogP) is 0.660. The summed E-state index contributed by atoms with van der Waals surface area (Å²) in [7, 11) is 0. The third-order valence-corrected chi connectivity index (χ3v) is 3.11. The molecule has 2 rings (SSSR count). The second-order valence-corrected chi connectivity index (χ2v) is 3.84. The monoisotopic (exact) mass is 184 g/mol. The first-order chi connectivity index (χ1) is 6.12. The van der Waals surface area contributed by atoms with E-state index in [1.807, 2.05) is 0 Å². The van der Waals surface area contributed by atoms with E-state index in [4.69, 9.17) is 9.84 Å². The minimum Gasteiger partial charge on any atom is -0.481 e. The van der Waals surface area contributed by atoms with Crippen molar-refractivity contribution in [3.05, 3.63) is 0 Å². The van der Waals surface area contributed by atoms with Gasteiger partial charge < -0.3 is 9.84 Å². The van der Waals surface area contributed by atoms with Crippen LogP contribution in [-0.4, -0.2) is 23.7 Å². The minimum atomic E-state index is -0.771. The third-order valence-electron chi connectivity index (χ3n) is 3.11. The van der Waals surface area contributed by atoms with Crippen LogP contribution in [0.4, 0.5) is 0 Å². The van der Waals surface area contributed by atoms with E-state index in [1.54, 1.807) is 6.92 Å². The van der Waals surface area contributed by atoms with Crippen molar-refractivity contribution >= 4 is 11.9 Å². The summed E-state index contributed by atoms with van der Waals surface area (Å²) in [5, 5.41) is 8.71. The Kier molecular flexibility index (Phi) is 1.62. The normalized spacial score (nSPS) is 40.1. The standard InChI is InChI=1S/C9H12O4/c1-2-13-8(12)6-4-9(6)3-5(9)7(10)11/h5-6H,2-4H2,1H3,(H,10,11). The highest BCUT2D eigenvalue weighted by Crippen LogP contribution is 2.74. The molecule has 2 aliphatic rings. The quantitative estimate of drug-likeness (QED) is 0.654. The molecule has 0 aromatic carbocycles. The molecule has 0 radical (unpaired) electrons. The summed E-state index contributed by atoms with van der Waals surface area (Å²) in [6.07, 6.45) is 1.37. The maximum atomic E-state index is 11.2. The molecule has 0 amide bonds. The number of ether oxygens (including phenoxy) is 1. The lowest BCUT2D eigenvalue weighted by atomic mass is 10.2. The van der Waals surface area contributed by atoms with Crippen LogP contribution in [0.3, 0.4) is 0 Å². The largest absolute Gasteiger partial charge is 0.481 e. The Balaban J connectivity index is 1.90. The summed E-state index contributed by atoms with van der Waals surface area (Å²) in [4.78, 5) is 21.8. The molecule has 0 bridgehead atoms. The highest BCUT2D eigenvalue weighted by molar-refractivity contribution is 5.84. The fourth-order valence-electron chi connectivity index (χ4n) is 2.15. The SMILES string of the molecule is CCOC(=O)C1CC12CC2C(=O)O. The zero-order valence-corrected chi connectivity index (χ0v) is 7.45. The molecule has 0 aliphatic heterocycles. The van der Waals surface area contributed by atoms with Crippen molar-refractivity contribution < 1.29 is 19.4 Å². The highest BCUT2D eigenvalue weighted by atomic mass is 16.5. The van der Waals surface area contributed by atoms with Gasteiger partial charge in [-0.25, -0.2) is 0 Å². The average Bonchev–Trinajstić information content (AvgIpc) is 2.91. The first-order valence-electron chi connectivity index (χ1n) is 4.51. The first kappa shape index (κ1) is 8.53. The van der Waals surface area contributed by atoms with Gasteiger partial charge in [-0.15, -0.1) is 0 Å². The Bertz CT molecular complexity index is 273. The molecule has 4 heteroatoms. The van der Waals surface area contributed by atoms with Crippen LogP contribution < -0.4 is 0 Å². The second-order valence-electron chi connectivity index (χ2n) is 3.84. The average molecular weight is 184 g/mol. The molecule has 1 N–H and O–H groups in total. The van der Waals surface area contributed by atoms with Gasteiger partial charge in [0.15, 0.2) is 0 Å². The number of carboxylic acids is 1. The van der Waals surface area contributed by atoms with Crippen LogP contribution in [0.15, 0.2) is 0 Å². The molecular formula is C9H12O4. The molecule has 0 heterocycles. The van der Waals surface area contributed by atoms with Gasteiger partial charge in [-0.3, -0.25) is 9.59 Å². The van der Waals surface area contributed by atoms with E-state index in [0.29, 0.717) is 19.4 Å². The van der Waals surface area contributed by atoms with Gasteiger partial charge in [0, 0.05) is 0 Å². The lowest BCUT2D eigenvalue weighted by Gasteiger charge is -1.98. The summed E-state index contributed by atoms with van der Waals surface area (Å²) >= 11 is 0. The van der Waals surface area contributed by atoms with Crippen LogP contribution >= 0.6 is 0 Å². The maximum Gasteiger partial charge on any atom is 0.309 e. The molecule has 3 unspecified atom stereocenters. The van der Waals surface area contributed by atoms with Gasteiger partial charge in [-0.2, -0.15) is 0 Å². The maximum absolute atomic E-state index is 11.2. The molecule has 13 heavy (non-hydrogen) atoms. The fraction of sp³-hybridized carbons (Fsp3) is 0.778. The molecule has 0 saturated heterocycles. The van der Waals surface area contributed by atoms with Crippen LogP contribution in [0.5, 0.6) is 0 Å². The number of hydrogen-bond acceptors (Lipinski definition) is 3. The van der Waals surface area contributed by atoms with E-state index in [-0.39, 0.29) is 23.2 Å². The first-order valence-corrected chi connectivity index (χ1v) is 4.51. The van der Waals surface area contributed by atoms with Gasteiger partial charge in [0.25, 0.3) is 0 Å². The summed E-state index contributed by atoms with van der Waals surface area (Å²) in [6, 6.07) is 0. The van der Waals surface area contributed by atoms with Crippen LogP contribution in [0, 0.1) is 17.3 Å². The van der Waals surface area contributed by atoms with Crippen LogP contribution in [0.25, 0.3) is 0 Å². The van der Waals surface area contributed by atoms with E-state index < -0.39 is 5.97 Å². The lowest BCUT2D eigenvalue weighted by molar-refractivity contribution is -0.145. The molecule has 0 aromatic heterocycles. The number of carbonyl (C=O) groups is 2. The van der Waals surface area contributed by atoms with Crippen molar-refractivity contribution in [1.82, 2.24) is 0 Å². The summed E-state index contributed by atoms with van der Waals surface area (Å²) in [5.74, 6) is -1.41. The van der Waals surface area contributed by atoms with Crippen molar-refractivity contribution in [1.29, 1.82) is 0 Å². The van der Waals surface area contributed by atoms with Gasteiger partial charge in [0.1, 0.15) is 0 Å². The number of esters is 1. The molecule has 72 valence electrons. The topological polar surface area (TPSA) is 63.6 Å². The Morgan fingerprint density at radius 1 is 1.46 bits per heavy atom. The smallest absolute Gasteiger partial charge is 0.309 e. The highest BCUT2D eigenvalue weighted by Gasteiger charge is 2.76. The molecule has 1 spiro atoms. The number of rotatable bonds is 3. The van der Waals surface area contributed by atoms with Gasteiger partial charge in [0.2, 0.25) is 0 Å². The lowest BCUT2D eigenvalue weighted by Crippen LogP contribution is -2.09. The van der Waals surface area contributed by atoms with Gasteiger partial charge >= 0.3 is 11.9 Å². The van der Waals surface area contributed by atoms with Crippen molar-refractivity contribution in [2.24, 2.45) is 17.3 Å². The Labute approximate surface area is 75.9 Å². The van der Waals surface area contributed by atoms with E-state index in [9.17, 15) is 9.59 Å². The summed E-state index contributed by atoms with van der Waals surface area (Å²) in [6.45, 7) is 2.14. The Hall–Kier alpha value is -1.06.